The molecule has 1 unspecified atom stereocenters. The summed E-state index contributed by atoms with van der Waals surface area (Å²) < 4.78 is 7.54. The van der Waals surface area contributed by atoms with Crippen LogP contribution in [0.25, 0.3) is 0 Å². The Morgan fingerprint density at radius 2 is 2.00 bits per heavy atom. The molecule has 1 aromatic heterocycles. The molecule has 0 spiro atoms. The molecular formula is C14H27N3O. The van der Waals surface area contributed by atoms with Crippen LogP contribution in [-0.4, -0.2) is 30.0 Å². The zero-order valence-corrected chi connectivity index (χ0v) is 12.7. The molecular weight excluding hydrogens is 226 g/mol. The van der Waals surface area contributed by atoms with Crippen LogP contribution in [-0.2, 0) is 5.41 Å². The highest BCUT2D eigenvalue weighted by Gasteiger charge is 2.31. The molecule has 1 aromatic rings. The van der Waals surface area contributed by atoms with E-state index < -0.39 is 0 Å². The minimum atomic E-state index is 0.0224. The highest BCUT2D eigenvalue weighted by atomic mass is 16.5. The minimum Gasteiger partial charge on any atom is -0.493 e. The van der Waals surface area contributed by atoms with Gasteiger partial charge in [0.05, 0.1) is 19.0 Å². The Morgan fingerprint density at radius 1 is 1.39 bits per heavy atom. The largest absolute Gasteiger partial charge is 0.493 e. The lowest BCUT2D eigenvalue weighted by Crippen LogP contribution is -2.33. The van der Waals surface area contributed by atoms with Crippen LogP contribution in [0.15, 0.2) is 6.20 Å². The summed E-state index contributed by atoms with van der Waals surface area (Å²) in [6.07, 6.45) is 2.86. The van der Waals surface area contributed by atoms with E-state index in [0.717, 1.165) is 12.2 Å². The molecule has 0 aliphatic rings. The summed E-state index contributed by atoms with van der Waals surface area (Å²) in [7, 11) is 3.71. The van der Waals surface area contributed by atoms with E-state index in [1.165, 1.54) is 5.69 Å². The molecule has 0 aliphatic heterocycles. The molecule has 0 bridgehead atoms. The molecule has 0 aliphatic carbocycles. The van der Waals surface area contributed by atoms with E-state index in [2.05, 4.69) is 49.7 Å². The van der Waals surface area contributed by atoms with E-state index in [1.807, 2.05) is 13.2 Å². The number of aromatic nitrogens is 2. The van der Waals surface area contributed by atoms with E-state index in [1.54, 1.807) is 7.11 Å². The van der Waals surface area contributed by atoms with Crippen molar-refractivity contribution < 1.29 is 4.74 Å². The maximum absolute atomic E-state index is 5.47. The Labute approximate surface area is 111 Å². The summed E-state index contributed by atoms with van der Waals surface area (Å²) in [5, 5.41) is 7.76. The maximum Gasteiger partial charge on any atom is 0.160 e. The summed E-state index contributed by atoms with van der Waals surface area (Å²) in [6.45, 7) is 11.0. The predicted molar refractivity (Wildman–Crippen MR) is 75.3 cm³/mol. The van der Waals surface area contributed by atoms with Gasteiger partial charge in [0.15, 0.2) is 5.75 Å². The fourth-order valence-corrected chi connectivity index (χ4v) is 2.50. The van der Waals surface area contributed by atoms with Crippen molar-refractivity contribution in [1.82, 2.24) is 15.1 Å². The first-order chi connectivity index (χ1) is 8.33. The van der Waals surface area contributed by atoms with Gasteiger partial charge in [0.1, 0.15) is 0 Å². The molecule has 0 fully saturated rings. The van der Waals surface area contributed by atoms with Crippen molar-refractivity contribution in [2.45, 2.75) is 58.5 Å². The van der Waals surface area contributed by atoms with Gasteiger partial charge in [-0.15, -0.1) is 0 Å². The number of hydrogen-bond acceptors (Lipinski definition) is 3. The van der Waals surface area contributed by atoms with Gasteiger partial charge in [-0.05, 0) is 34.2 Å². The van der Waals surface area contributed by atoms with E-state index in [9.17, 15) is 0 Å². The zero-order valence-electron chi connectivity index (χ0n) is 12.7. The first kappa shape index (κ1) is 15.0. The third-order valence-corrected chi connectivity index (χ3v) is 3.42. The molecule has 1 atom stereocenters. The lowest BCUT2D eigenvalue weighted by molar-refractivity contribution is 0.337. The smallest absolute Gasteiger partial charge is 0.160 e. The van der Waals surface area contributed by atoms with Gasteiger partial charge >= 0.3 is 0 Å². The third kappa shape index (κ3) is 3.05. The molecule has 4 heteroatoms. The van der Waals surface area contributed by atoms with Gasteiger partial charge in [0, 0.05) is 17.5 Å². The van der Waals surface area contributed by atoms with Crippen molar-refractivity contribution in [3.05, 3.63) is 11.9 Å². The number of rotatable bonds is 6. The molecule has 4 nitrogen and oxygen atoms in total. The molecule has 1 heterocycles. The second-order valence-electron chi connectivity index (χ2n) is 5.88. The molecule has 1 N–H and O–H groups in total. The maximum atomic E-state index is 5.47. The third-order valence-electron chi connectivity index (χ3n) is 3.42. The Kier molecular flexibility index (Phi) is 4.79. The Balaban J connectivity index is 3.15. The average Bonchev–Trinajstić information content (AvgIpc) is 2.72. The molecule has 0 amide bonds. The quantitative estimate of drug-likeness (QED) is 0.847. The van der Waals surface area contributed by atoms with Gasteiger partial charge in [-0.3, -0.25) is 4.68 Å². The van der Waals surface area contributed by atoms with Crippen molar-refractivity contribution in [2.75, 3.05) is 14.2 Å². The Bertz CT molecular complexity index is 382. The van der Waals surface area contributed by atoms with Gasteiger partial charge < -0.3 is 10.1 Å². The number of ether oxygens (including phenoxy) is 1. The highest BCUT2D eigenvalue weighted by Crippen LogP contribution is 2.36. The monoisotopic (exact) mass is 253 g/mol. The van der Waals surface area contributed by atoms with E-state index in [-0.39, 0.29) is 5.41 Å². The van der Waals surface area contributed by atoms with Crippen LogP contribution in [0.2, 0.25) is 0 Å². The first-order valence-corrected chi connectivity index (χ1v) is 6.62. The lowest BCUT2D eigenvalue weighted by atomic mass is 9.82. The molecule has 0 radical (unpaired) electrons. The predicted octanol–water partition coefficient (Wildman–Crippen LogP) is 2.75. The average molecular weight is 253 g/mol. The van der Waals surface area contributed by atoms with Crippen LogP contribution in [0.4, 0.5) is 0 Å². The van der Waals surface area contributed by atoms with Crippen LogP contribution in [0.1, 0.15) is 52.8 Å². The number of nitrogens with zero attached hydrogens (tertiary/aromatic N) is 2. The first-order valence-electron chi connectivity index (χ1n) is 6.62. The number of hydrogen-bond donors (Lipinski definition) is 1. The summed E-state index contributed by atoms with van der Waals surface area (Å²) in [5.74, 6) is 0.886. The van der Waals surface area contributed by atoms with Crippen molar-refractivity contribution in [3.63, 3.8) is 0 Å². The van der Waals surface area contributed by atoms with Crippen molar-refractivity contribution in [1.29, 1.82) is 0 Å². The molecule has 0 aromatic carbocycles. The molecule has 0 saturated heterocycles. The van der Waals surface area contributed by atoms with Gasteiger partial charge in [-0.2, -0.15) is 5.10 Å². The number of methoxy groups -OCH3 is 1. The fourth-order valence-electron chi connectivity index (χ4n) is 2.50. The van der Waals surface area contributed by atoms with Gasteiger partial charge in [0.25, 0.3) is 0 Å². The van der Waals surface area contributed by atoms with Crippen LogP contribution in [0.3, 0.4) is 0 Å². The van der Waals surface area contributed by atoms with E-state index in [4.69, 9.17) is 4.74 Å². The second kappa shape index (κ2) is 5.74. The normalized spacial score (nSPS) is 14.0. The van der Waals surface area contributed by atoms with Crippen LogP contribution < -0.4 is 10.1 Å². The summed E-state index contributed by atoms with van der Waals surface area (Å²) >= 11 is 0. The summed E-state index contributed by atoms with van der Waals surface area (Å²) in [5.41, 5.74) is 1.20. The SMILES string of the molecule is CNC(C)CC(C)(C)c1c(OC)cnn1C(C)C. The Morgan fingerprint density at radius 3 is 2.44 bits per heavy atom. The highest BCUT2D eigenvalue weighted by molar-refractivity contribution is 5.32. The molecule has 1 rings (SSSR count). The van der Waals surface area contributed by atoms with E-state index in [0.29, 0.717) is 12.1 Å². The summed E-state index contributed by atoms with van der Waals surface area (Å²) in [6, 6.07) is 0.799. The van der Waals surface area contributed by atoms with Crippen molar-refractivity contribution >= 4 is 0 Å². The topological polar surface area (TPSA) is 39.1 Å². The van der Waals surface area contributed by atoms with Crippen molar-refractivity contribution in [3.8, 4) is 5.75 Å². The standard InChI is InChI=1S/C14H27N3O/c1-10(2)17-13(12(18-7)9-16-17)14(4,5)8-11(3)15-6/h9-11,15H,8H2,1-7H3. The number of nitrogens with one attached hydrogen (secondary N) is 1. The molecule has 18 heavy (non-hydrogen) atoms. The van der Waals surface area contributed by atoms with Gasteiger partial charge in [0.2, 0.25) is 0 Å². The van der Waals surface area contributed by atoms with Crippen LogP contribution >= 0.6 is 0 Å². The Hall–Kier alpha value is -1.03. The van der Waals surface area contributed by atoms with Crippen LogP contribution in [0.5, 0.6) is 5.75 Å². The molecule has 104 valence electrons. The van der Waals surface area contributed by atoms with Gasteiger partial charge in [-0.25, -0.2) is 0 Å². The van der Waals surface area contributed by atoms with Crippen LogP contribution in [0, 0.1) is 0 Å². The van der Waals surface area contributed by atoms with Gasteiger partial charge in [-0.1, -0.05) is 13.8 Å². The fraction of sp³-hybridized carbons (Fsp3) is 0.786. The van der Waals surface area contributed by atoms with Crippen molar-refractivity contribution in [2.24, 2.45) is 0 Å². The lowest BCUT2D eigenvalue weighted by Gasteiger charge is -2.30. The minimum absolute atomic E-state index is 0.0224. The zero-order chi connectivity index (χ0) is 13.9. The molecule has 0 saturated carbocycles. The summed E-state index contributed by atoms with van der Waals surface area (Å²) in [4.78, 5) is 0. The second-order valence-corrected chi connectivity index (χ2v) is 5.88. The van der Waals surface area contributed by atoms with E-state index >= 15 is 0 Å².